The highest BCUT2D eigenvalue weighted by molar-refractivity contribution is 5.96. The van der Waals surface area contributed by atoms with Crippen molar-refractivity contribution in [2.45, 2.75) is 13.8 Å². The molecule has 1 aliphatic heterocycles. The average molecular weight is 259 g/mol. The van der Waals surface area contributed by atoms with Crippen molar-refractivity contribution in [3.63, 3.8) is 0 Å². The Kier molecular flexibility index (Phi) is 2.46. The molecule has 4 heteroatoms. The van der Waals surface area contributed by atoms with Crippen LogP contribution in [0.2, 0.25) is 0 Å². The Morgan fingerprint density at radius 2 is 1.58 bits per heavy atom. The van der Waals surface area contributed by atoms with E-state index < -0.39 is 5.97 Å². The molecule has 0 unspecified atom stereocenters. The summed E-state index contributed by atoms with van der Waals surface area (Å²) in [4.78, 5) is 24.9. The third kappa shape index (κ3) is 1.82. The van der Waals surface area contributed by atoms with Crippen molar-refractivity contribution in [2.75, 3.05) is 13.1 Å². The maximum absolute atomic E-state index is 12.3. The lowest BCUT2D eigenvalue weighted by molar-refractivity contribution is 0.0694. The van der Waals surface area contributed by atoms with Gasteiger partial charge in [-0.1, -0.05) is 13.8 Å². The number of amides is 1. The van der Waals surface area contributed by atoms with Crippen molar-refractivity contribution < 1.29 is 14.7 Å². The van der Waals surface area contributed by atoms with Gasteiger partial charge in [-0.05, 0) is 41.5 Å². The molecule has 4 nitrogen and oxygen atoms in total. The van der Waals surface area contributed by atoms with E-state index in [4.69, 9.17) is 5.11 Å². The summed E-state index contributed by atoms with van der Waals surface area (Å²) in [5.74, 6) is 0.313. The standard InChI is InChI=1S/C15H17NO3/c1-15(2)11-7-16(8-12(11)15)13(17)9-3-5-10(6-4-9)14(18)19/h3-6,11-12H,7-8H2,1-2H3,(H,18,19)/t11-,12-/m1/s1. The van der Waals surface area contributed by atoms with E-state index >= 15 is 0 Å². The molecule has 0 aromatic heterocycles. The molecule has 3 rings (SSSR count). The monoisotopic (exact) mass is 259 g/mol. The molecule has 1 saturated carbocycles. The second-order valence-electron chi connectivity index (χ2n) is 6.13. The van der Waals surface area contributed by atoms with Gasteiger partial charge in [-0.3, -0.25) is 4.79 Å². The van der Waals surface area contributed by atoms with E-state index in [1.807, 2.05) is 4.90 Å². The number of carboxylic acids is 1. The first kappa shape index (κ1) is 12.2. The Hall–Kier alpha value is -1.84. The van der Waals surface area contributed by atoms with Crippen molar-refractivity contribution in [1.82, 2.24) is 4.90 Å². The highest BCUT2D eigenvalue weighted by atomic mass is 16.4. The second-order valence-corrected chi connectivity index (χ2v) is 6.13. The Morgan fingerprint density at radius 3 is 2.05 bits per heavy atom. The van der Waals surface area contributed by atoms with Gasteiger partial charge in [0.05, 0.1) is 5.56 Å². The lowest BCUT2D eigenvalue weighted by atomic mass is 10.1. The van der Waals surface area contributed by atoms with Crippen molar-refractivity contribution in [1.29, 1.82) is 0 Å². The fourth-order valence-corrected chi connectivity index (χ4v) is 3.24. The molecular weight excluding hydrogens is 242 g/mol. The van der Waals surface area contributed by atoms with Crippen LogP contribution in [0, 0.1) is 17.3 Å². The summed E-state index contributed by atoms with van der Waals surface area (Å²) in [5.41, 5.74) is 1.18. The number of carbonyl (C=O) groups is 2. The zero-order valence-electron chi connectivity index (χ0n) is 11.1. The predicted octanol–water partition coefficient (Wildman–Crippen LogP) is 2.11. The summed E-state index contributed by atoms with van der Waals surface area (Å²) in [6.07, 6.45) is 0. The molecule has 1 aromatic carbocycles. The molecular formula is C15H17NO3. The van der Waals surface area contributed by atoms with Crippen molar-refractivity contribution in [3.05, 3.63) is 35.4 Å². The number of benzene rings is 1. The number of aromatic carboxylic acids is 1. The molecule has 19 heavy (non-hydrogen) atoms. The van der Waals surface area contributed by atoms with Gasteiger partial charge in [0.25, 0.3) is 5.91 Å². The number of hydrogen-bond acceptors (Lipinski definition) is 2. The Balaban J connectivity index is 1.70. The maximum Gasteiger partial charge on any atom is 0.335 e. The summed E-state index contributed by atoms with van der Waals surface area (Å²) >= 11 is 0. The zero-order chi connectivity index (χ0) is 13.8. The molecule has 1 aromatic rings. The minimum atomic E-state index is -0.969. The first-order valence-electron chi connectivity index (χ1n) is 6.54. The molecule has 0 bridgehead atoms. The van der Waals surface area contributed by atoms with Gasteiger partial charge in [-0.2, -0.15) is 0 Å². The normalized spacial score (nSPS) is 26.9. The minimum absolute atomic E-state index is 0.0138. The summed E-state index contributed by atoms with van der Waals surface area (Å²) < 4.78 is 0. The Morgan fingerprint density at radius 1 is 1.11 bits per heavy atom. The van der Waals surface area contributed by atoms with E-state index in [2.05, 4.69) is 13.8 Å². The number of piperidine rings is 1. The van der Waals surface area contributed by atoms with Crippen LogP contribution in [0.15, 0.2) is 24.3 Å². The molecule has 2 fully saturated rings. The topological polar surface area (TPSA) is 57.6 Å². The van der Waals surface area contributed by atoms with E-state index in [-0.39, 0.29) is 11.5 Å². The molecule has 1 saturated heterocycles. The molecule has 1 heterocycles. The first-order chi connectivity index (χ1) is 8.91. The average Bonchev–Trinajstić information content (AvgIpc) is 2.79. The highest BCUT2D eigenvalue weighted by Crippen LogP contribution is 2.62. The molecule has 1 aliphatic carbocycles. The number of fused-ring (bicyclic) bond motifs is 1. The number of rotatable bonds is 2. The third-order valence-corrected chi connectivity index (χ3v) is 4.79. The van der Waals surface area contributed by atoms with Crippen LogP contribution >= 0.6 is 0 Å². The smallest absolute Gasteiger partial charge is 0.335 e. The first-order valence-corrected chi connectivity index (χ1v) is 6.54. The van der Waals surface area contributed by atoms with E-state index in [1.54, 1.807) is 12.1 Å². The minimum Gasteiger partial charge on any atom is -0.478 e. The van der Waals surface area contributed by atoms with Crippen LogP contribution < -0.4 is 0 Å². The van der Waals surface area contributed by atoms with Gasteiger partial charge in [0.1, 0.15) is 0 Å². The fraction of sp³-hybridized carbons (Fsp3) is 0.467. The SMILES string of the molecule is CC1(C)[C@@H]2CN(C(=O)c3ccc(C(=O)O)cc3)C[C@H]21. The van der Waals surface area contributed by atoms with Gasteiger partial charge in [0.15, 0.2) is 0 Å². The van der Waals surface area contributed by atoms with E-state index in [9.17, 15) is 9.59 Å². The third-order valence-electron chi connectivity index (χ3n) is 4.79. The van der Waals surface area contributed by atoms with Gasteiger partial charge in [0, 0.05) is 18.7 Å². The van der Waals surface area contributed by atoms with E-state index in [0.717, 1.165) is 13.1 Å². The molecule has 0 spiro atoms. The molecule has 100 valence electrons. The van der Waals surface area contributed by atoms with Crippen LogP contribution in [0.4, 0.5) is 0 Å². The lowest BCUT2D eigenvalue weighted by Crippen LogP contribution is -2.32. The van der Waals surface area contributed by atoms with E-state index in [0.29, 0.717) is 22.8 Å². The largest absolute Gasteiger partial charge is 0.478 e. The summed E-state index contributed by atoms with van der Waals surface area (Å²) in [5, 5.41) is 8.83. The van der Waals surface area contributed by atoms with Crippen LogP contribution in [-0.4, -0.2) is 35.0 Å². The fourth-order valence-electron chi connectivity index (χ4n) is 3.24. The second kappa shape index (κ2) is 3.83. The number of nitrogens with zero attached hydrogens (tertiary/aromatic N) is 1. The van der Waals surface area contributed by atoms with E-state index in [1.165, 1.54) is 12.1 Å². The Labute approximate surface area is 112 Å². The molecule has 2 atom stereocenters. The van der Waals surface area contributed by atoms with Gasteiger partial charge in [-0.25, -0.2) is 4.79 Å². The van der Waals surface area contributed by atoms with Crippen LogP contribution in [0.25, 0.3) is 0 Å². The van der Waals surface area contributed by atoms with Gasteiger partial charge >= 0.3 is 5.97 Å². The van der Waals surface area contributed by atoms with Crippen molar-refractivity contribution in [2.24, 2.45) is 17.3 Å². The number of carbonyl (C=O) groups excluding carboxylic acids is 1. The van der Waals surface area contributed by atoms with Gasteiger partial charge in [0.2, 0.25) is 0 Å². The van der Waals surface area contributed by atoms with Gasteiger partial charge in [-0.15, -0.1) is 0 Å². The van der Waals surface area contributed by atoms with Crippen LogP contribution in [0.1, 0.15) is 34.6 Å². The van der Waals surface area contributed by atoms with Gasteiger partial charge < -0.3 is 10.0 Å². The van der Waals surface area contributed by atoms with Crippen LogP contribution in [0.5, 0.6) is 0 Å². The molecule has 1 N–H and O–H groups in total. The summed E-state index contributed by atoms with van der Waals surface area (Å²) in [6.45, 7) is 6.17. The summed E-state index contributed by atoms with van der Waals surface area (Å²) in [7, 11) is 0. The molecule has 2 aliphatic rings. The van der Waals surface area contributed by atoms with Crippen molar-refractivity contribution >= 4 is 11.9 Å². The Bertz CT molecular complexity index is 533. The van der Waals surface area contributed by atoms with Crippen LogP contribution in [-0.2, 0) is 0 Å². The van der Waals surface area contributed by atoms with Crippen LogP contribution in [0.3, 0.4) is 0 Å². The number of hydrogen-bond donors (Lipinski definition) is 1. The number of carboxylic acid groups (broad SMARTS) is 1. The quantitative estimate of drug-likeness (QED) is 0.885. The van der Waals surface area contributed by atoms with Crippen molar-refractivity contribution in [3.8, 4) is 0 Å². The maximum atomic E-state index is 12.3. The molecule has 0 radical (unpaired) electrons. The zero-order valence-corrected chi connectivity index (χ0v) is 11.1. The lowest BCUT2D eigenvalue weighted by Gasteiger charge is -2.22. The predicted molar refractivity (Wildman–Crippen MR) is 70.1 cm³/mol. The number of likely N-dealkylation sites (tertiary alicyclic amines) is 1. The molecule has 1 amide bonds. The summed E-state index contributed by atoms with van der Waals surface area (Å²) in [6, 6.07) is 6.16. The highest BCUT2D eigenvalue weighted by Gasteiger charge is 2.62.